The number of aryl methyl sites for hydroxylation is 1. The number of ether oxygens (including phenoxy) is 1. The molecule has 0 radical (unpaired) electrons. The van der Waals surface area contributed by atoms with Crippen molar-refractivity contribution in [3.05, 3.63) is 59.2 Å². The van der Waals surface area contributed by atoms with Gasteiger partial charge in [-0.15, -0.1) is 11.8 Å². The van der Waals surface area contributed by atoms with Gasteiger partial charge in [0.15, 0.2) is 4.87 Å². The molecule has 0 aliphatic carbocycles. The van der Waals surface area contributed by atoms with Gasteiger partial charge in [-0.2, -0.15) is 0 Å². The summed E-state index contributed by atoms with van der Waals surface area (Å²) < 4.78 is 5.34. The van der Waals surface area contributed by atoms with Gasteiger partial charge in [0.25, 0.3) is 5.91 Å². The number of methoxy groups -OCH3 is 1. The molecule has 2 aromatic rings. The standard InChI is InChI=1S/C23H26N2O3S/c1-15(2)21(26)25-10-11-29-23(25)19-12-16(3)8-9-20(19)24(22(23)27)14-17-6-5-7-18(13-17)28-4/h5-9,12-13,15H,10-11,14H2,1-4H3/t23-/m1/s1. The van der Waals surface area contributed by atoms with E-state index in [4.69, 9.17) is 4.74 Å². The Morgan fingerprint density at radius 1 is 1.24 bits per heavy atom. The van der Waals surface area contributed by atoms with Crippen molar-refractivity contribution in [1.29, 1.82) is 0 Å². The molecule has 0 aromatic heterocycles. The summed E-state index contributed by atoms with van der Waals surface area (Å²) in [6.07, 6.45) is 0. The summed E-state index contributed by atoms with van der Waals surface area (Å²) in [4.78, 5) is 29.6. The van der Waals surface area contributed by atoms with Crippen molar-refractivity contribution in [1.82, 2.24) is 4.90 Å². The van der Waals surface area contributed by atoms with Gasteiger partial charge >= 0.3 is 0 Å². The van der Waals surface area contributed by atoms with Gasteiger partial charge in [0.1, 0.15) is 5.75 Å². The van der Waals surface area contributed by atoms with Crippen LogP contribution < -0.4 is 9.64 Å². The van der Waals surface area contributed by atoms with E-state index in [1.807, 2.05) is 62.1 Å². The summed E-state index contributed by atoms with van der Waals surface area (Å²) >= 11 is 1.58. The van der Waals surface area contributed by atoms with Gasteiger partial charge in [0, 0.05) is 23.8 Å². The quantitative estimate of drug-likeness (QED) is 0.766. The Labute approximate surface area is 176 Å². The number of carbonyl (C=O) groups is 2. The molecule has 29 heavy (non-hydrogen) atoms. The fraction of sp³-hybridized carbons (Fsp3) is 0.391. The molecule has 1 atom stereocenters. The highest BCUT2D eigenvalue weighted by atomic mass is 32.2. The van der Waals surface area contributed by atoms with Gasteiger partial charge < -0.3 is 14.5 Å². The number of fused-ring (bicyclic) bond motifs is 2. The SMILES string of the molecule is COc1cccc(CN2C(=O)[C@]3(SCCN3C(=O)C(C)C)c3cc(C)ccc32)c1. The molecule has 0 saturated carbocycles. The van der Waals surface area contributed by atoms with Gasteiger partial charge in [-0.25, -0.2) is 0 Å². The smallest absolute Gasteiger partial charge is 0.268 e. The monoisotopic (exact) mass is 410 g/mol. The first-order valence-electron chi connectivity index (χ1n) is 9.90. The van der Waals surface area contributed by atoms with E-state index in [0.717, 1.165) is 33.9 Å². The van der Waals surface area contributed by atoms with Crippen LogP contribution >= 0.6 is 11.8 Å². The molecular formula is C23H26N2O3S. The predicted octanol–water partition coefficient (Wildman–Crippen LogP) is 3.93. The lowest BCUT2D eigenvalue weighted by Crippen LogP contribution is -2.51. The van der Waals surface area contributed by atoms with E-state index < -0.39 is 4.87 Å². The number of thioether (sulfide) groups is 1. The third kappa shape index (κ3) is 3.10. The van der Waals surface area contributed by atoms with Crippen LogP contribution in [0.15, 0.2) is 42.5 Å². The van der Waals surface area contributed by atoms with E-state index >= 15 is 0 Å². The number of nitrogens with zero attached hydrogens (tertiary/aromatic N) is 2. The van der Waals surface area contributed by atoms with Gasteiger partial charge in [-0.1, -0.05) is 43.7 Å². The summed E-state index contributed by atoms with van der Waals surface area (Å²) in [6.45, 7) is 6.84. The molecular weight excluding hydrogens is 384 g/mol. The number of anilines is 1. The van der Waals surface area contributed by atoms with Crippen LogP contribution in [0.2, 0.25) is 0 Å². The lowest BCUT2D eigenvalue weighted by Gasteiger charge is -2.34. The Kier molecular flexibility index (Phi) is 5.07. The summed E-state index contributed by atoms with van der Waals surface area (Å²) in [5, 5.41) is 0. The second kappa shape index (κ2) is 7.41. The van der Waals surface area contributed by atoms with Crippen molar-refractivity contribution in [2.75, 3.05) is 24.3 Å². The molecule has 6 heteroatoms. The molecule has 2 aromatic carbocycles. The molecule has 2 aliphatic rings. The van der Waals surface area contributed by atoms with Crippen LogP contribution in [0.4, 0.5) is 5.69 Å². The van der Waals surface area contributed by atoms with E-state index in [1.165, 1.54) is 0 Å². The second-order valence-electron chi connectivity index (χ2n) is 7.90. The van der Waals surface area contributed by atoms with Crippen molar-refractivity contribution < 1.29 is 14.3 Å². The fourth-order valence-electron chi connectivity index (χ4n) is 4.17. The van der Waals surface area contributed by atoms with E-state index in [-0.39, 0.29) is 17.7 Å². The third-order valence-corrected chi connectivity index (χ3v) is 7.00. The normalized spacial score (nSPS) is 20.7. The predicted molar refractivity (Wildman–Crippen MR) is 116 cm³/mol. The highest BCUT2D eigenvalue weighted by Crippen LogP contribution is 2.55. The first-order valence-corrected chi connectivity index (χ1v) is 10.9. The summed E-state index contributed by atoms with van der Waals surface area (Å²) in [7, 11) is 1.64. The lowest BCUT2D eigenvalue weighted by molar-refractivity contribution is -0.142. The molecule has 2 aliphatic heterocycles. The second-order valence-corrected chi connectivity index (χ2v) is 9.19. The van der Waals surface area contributed by atoms with Crippen LogP contribution in [0.3, 0.4) is 0 Å². The van der Waals surface area contributed by atoms with E-state index in [1.54, 1.807) is 23.8 Å². The van der Waals surface area contributed by atoms with Crippen LogP contribution in [0.5, 0.6) is 5.75 Å². The highest BCUT2D eigenvalue weighted by molar-refractivity contribution is 8.01. The lowest BCUT2D eigenvalue weighted by atomic mass is 10.0. The maximum atomic E-state index is 13.9. The average Bonchev–Trinajstić information content (AvgIpc) is 3.25. The zero-order chi connectivity index (χ0) is 20.8. The topological polar surface area (TPSA) is 49.9 Å². The molecule has 152 valence electrons. The van der Waals surface area contributed by atoms with E-state index in [2.05, 4.69) is 6.07 Å². The Hall–Kier alpha value is -2.47. The zero-order valence-electron chi connectivity index (χ0n) is 17.3. The molecule has 1 saturated heterocycles. The van der Waals surface area contributed by atoms with Crippen LogP contribution in [0.25, 0.3) is 0 Å². The minimum Gasteiger partial charge on any atom is -0.497 e. The third-order valence-electron chi connectivity index (χ3n) is 5.58. The summed E-state index contributed by atoms with van der Waals surface area (Å²) in [6, 6.07) is 13.9. The Balaban J connectivity index is 1.80. The van der Waals surface area contributed by atoms with E-state index in [0.29, 0.717) is 13.1 Å². The first-order chi connectivity index (χ1) is 13.9. The van der Waals surface area contributed by atoms with Gasteiger partial charge in [-0.05, 0) is 30.7 Å². The fourth-order valence-corrected chi connectivity index (χ4v) is 5.63. The number of benzene rings is 2. The number of carbonyl (C=O) groups excluding carboxylic acids is 2. The van der Waals surface area contributed by atoms with Crippen molar-refractivity contribution in [3.8, 4) is 5.75 Å². The van der Waals surface area contributed by atoms with Crippen molar-refractivity contribution in [3.63, 3.8) is 0 Å². The molecule has 0 unspecified atom stereocenters. The maximum Gasteiger partial charge on any atom is 0.268 e. The molecule has 2 heterocycles. The van der Waals surface area contributed by atoms with Crippen molar-refractivity contribution >= 4 is 29.3 Å². The average molecular weight is 411 g/mol. The molecule has 2 amide bonds. The van der Waals surface area contributed by atoms with E-state index in [9.17, 15) is 9.59 Å². The molecule has 1 fully saturated rings. The minimum atomic E-state index is -0.957. The Morgan fingerprint density at radius 3 is 2.76 bits per heavy atom. The first kappa shape index (κ1) is 19.8. The summed E-state index contributed by atoms with van der Waals surface area (Å²) in [5.74, 6) is 1.36. The zero-order valence-corrected chi connectivity index (χ0v) is 18.1. The van der Waals surface area contributed by atoms with Crippen molar-refractivity contribution in [2.45, 2.75) is 32.2 Å². The van der Waals surface area contributed by atoms with Gasteiger partial charge in [-0.3, -0.25) is 9.59 Å². The van der Waals surface area contributed by atoms with Crippen molar-refractivity contribution in [2.24, 2.45) is 5.92 Å². The Bertz CT molecular complexity index is 974. The number of rotatable bonds is 4. The molecule has 4 rings (SSSR count). The number of amides is 2. The maximum absolute atomic E-state index is 13.9. The molecule has 5 nitrogen and oxygen atoms in total. The highest BCUT2D eigenvalue weighted by Gasteiger charge is 2.59. The minimum absolute atomic E-state index is 0.0269. The van der Waals surface area contributed by atoms with Gasteiger partial charge in [0.05, 0.1) is 19.3 Å². The van der Waals surface area contributed by atoms with Crippen LogP contribution in [-0.2, 0) is 21.0 Å². The van der Waals surface area contributed by atoms with Crippen LogP contribution in [-0.4, -0.2) is 36.1 Å². The largest absolute Gasteiger partial charge is 0.497 e. The summed E-state index contributed by atoms with van der Waals surface area (Å²) in [5.41, 5.74) is 3.90. The van der Waals surface area contributed by atoms with Crippen LogP contribution in [0.1, 0.15) is 30.5 Å². The number of hydrogen-bond donors (Lipinski definition) is 0. The van der Waals surface area contributed by atoms with Gasteiger partial charge in [0.2, 0.25) is 5.91 Å². The molecule has 1 spiro atoms. The van der Waals surface area contributed by atoms with Crippen LogP contribution in [0, 0.1) is 12.8 Å². The Morgan fingerprint density at radius 2 is 2.03 bits per heavy atom. The number of hydrogen-bond acceptors (Lipinski definition) is 4. The molecule has 0 bridgehead atoms. The molecule has 0 N–H and O–H groups in total.